The first kappa shape index (κ1) is 77.5. The van der Waals surface area contributed by atoms with Crippen molar-refractivity contribution >= 4 is 75.7 Å². The number of nitrogens with zero attached hydrogens (tertiary/aromatic N) is 6. The standard InChI is InChI=1S/3C28H30N2O3.H3O4P/c3*1-5-29(6-2)19-13-15-23-25(17-19)33-26-18-20(30(7-3)8-4)14-16-24(26)27(23)21-11-9-10-12-22(21)28(31)32;1-5(2,3)4/h3*9-18H,5-8H2,1-4H3;(H3,1,2,3,4). The third-order valence-electron chi connectivity index (χ3n) is 19.1. The fourth-order valence-corrected chi connectivity index (χ4v) is 13.8. The maximum Gasteiger partial charge on any atom is 0.466 e. The molecular formula is C84H93N6O13P. The van der Waals surface area contributed by atoms with E-state index in [0.717, 1.165) is 195 Å². The number of hydrogen-bond donors (Lipinski definition) is 3. The molecule has 0 atom stereocenters. The molecule has 0 spiro atoms. The summed E-state index contributed by atoms with van der Waals surface area (Å²) in [4.78, 5) is 64.2. The highest BCUT2D eigenvalue weighted by Gasteiger charge is 2.26. The van der Waals surface area contributed by atoms with Crippen molar-refractivity contribution < 1.29 is 62.2 Å². The highest BCUT2D eigenvalue weighted by molar-refractivity contribution is 7.45. The number of phosphoric acid groups is 1. The van der Waals surface area contributed by atoms with E-state index in [-0.39, 0.29) is 16.7 Å². The SMILES string of the molecule is CCN(CC)c1ccc2c(-c3ccccc3C(=O)[O-])c3ccc(=[N+](CC)CC)cc-3oc2c1.CCN(CC)c1ccc2c(-c3ccccc3C(=O)[O-])c3ccc(=[N+](CC)CC)cc-3oc2c1.CCN(CC)c1ccc2c(-c3ccccc3C(=O)[O-])c3ccc(=[N+](CC)CC)cc-3oc2c1.O=P(O)(O)O. The molecule has 12 rings (SSSR count). The van der Waals surface area contributed by atoms with E-state index in [0.29, 0.717) is 16.7 Å². The third kappa shape index (κ3) is 17.2. The highest BCUT2D eigenvalue weighted by Crippen LogP contribution is 2.45. The summed E-state index contributed by atoms with van der Waals surface area (Å²) in [5.74, 6) is -1.38. The number of anilines is 3. The molecule has 0 unspecified atom stereocenters. The van der Waals surface area contributed by atoms with Crippen LogP contribution in [0.25, 0.3) is 100 Å². The van der Waals surface area contributed by atoms with Crippen molar-refractivity contribution in [2.45, 2.75) is 83.1 Å². The van der Waals surface area contributed by atoms with E-state index in [2.05, 4.69) is 184 Å². The lowest BCUT2D eigenvalue weighted by Gasteiger charge is -2.23. The van der Waals surface area contributed by atoms with Gasteiger partial charge in [0.25, 0.3) is 0 Å². The van der Waals surface area contributed by atoms with E-state index in [4.69, 9.17) is 32.5 Å². The predicted octanol–water partition coefficient (Wildman–Crippen LogP) is 11.8. The molecular weight excluding hydrogens is 1330 g/mol. The second-order valence-electron chi connectivity index (χ2n) is 24.6. The smallest absolute Gasteiger partial charge is 0.466 e. The number of carbonyl (C=O) groups is 3. The molecule has 104 heavy (non-hydrogen) atoms. The fraction of sp³-hybridized carbons (Fsp3) is 0.286. The largest absolute Gasteiger partial charge is 0.545 e. The van der Waals surface area contributed by atoms with Crippen LogP contribution < -0.4 is 59.8 Å². The molecule has 19 nitrogen and oxygen atoms in total. The number of hydrogen-bond acceptors (Lipinski definition) is 13. The molecule has 20 heteroatoms. The first-order chi connectivity index (χ1) is 50.0. The van der Waals surface area contributed by atoms with Crippen LogP contribution in [0.4, 0.5) is 17.1 Å². The molecule has 3 N–H and O–H groups in total. The second kappa shape index (κ2) is 35.0. The number of fused-ring (bicyclic) bond motifs is 6. The van der Waals surface area contributed by atoms with Gasteiger partial charge in [-0.05, 0) is 154 Å². The van der Waals surface area contributed by atoms with Crippen LogP contribution in [-0.2, 0) is 4.57 Å². The zero-order valence-corrected chi connectivity index (χ0v) is 62.3. The van der Waals surface area contributed by atoms with Gasteiger partial charge in [0.05, 0.1) is 36.1 Å². The van der Waals surface area contributed by atoms with Crippen LogP contribution in [0.15, 0.2) is 195 Å². The molecule has 0 saturated heterocycles. The van der Waals surface area contributed by atoms with Crippen molar-refractivity contribution in [1.29, 1.82) is 0 Å². The van der Waals surface area contributed by atoms with Crippen molar-refractivity contribution in [3.8, 4) is 67.4 Å². The Bertz CT molecular complexity index is 4720. The molecule has 0 aromatic heterocycles. The molecule has 6 aromatic carbocycles. The fourth-order valence-electron chi connectivity index (χ4n) is 13.8. The van der Waals surface area contributed by atoms with E-state index < -0.39 is 25.7 Å². The molecule has 0 bridgehead atoms. The quantitative estimate of drug-likeness (QED) is 0.0343. The zero-order valence-electron chi connectivity index (χ0n) is 61.4. The van der Waals surface area contributed by atoms with Crippen molar-refractivity contribution in [2.24, 2.45) is 0 Å². The van der Waals surface area contributed by atoms with Crippen LogP contribution >= 0.6 is 7.82 Å². The maximum absolute atomic E-state index is 12.0. The summed E-state index contributed by atoms with van der Waals surface area (Å²) < 4.78 is 35.0. The number of rotatable bonds is 21. The van der Waals surface area contributed by atoms with E-state index in [1.54, 1.807) is 36.4 Å². The summed E-state index contributed by atoms with van der Waals surface area (Å²) in [5, 5.41) is 41.8. The minimum atomic E-state index is -4.64. The number of benzene rings is 9. The minimum absolute atomic E-state index is 0.173. The van der Waals surface area contributed by atoms with Gasteiger partial charge in [-0.1, -0.05) is 72.8 Å². The van der Waals surface area contributed by atoms with Gasteiger partial charge in [-0.15, -0.1) is 0 Å². The first-order valence-electron chi connectivity index (χ1n) is 35.8. The van der Waals surface area contributed by atoms with Crippen molar-refractivity contribution in [3.63, 3.8) is 0 Å². The lowest BCUT2D eigenvalue weighted by molar-refractivity contribution is -0.256. The highest BCUT2D eigenvalue weighted by atomic mass is 31.2. The molecule has 3 aliphatic carbocycles. The van der Waals surface area contributed by atoms with Crippen molar-refractivity contribution in [3.05, 3.63) is 215 Å². The normalized spacial score (nSPS) is 11.2. The summed E-state index contributed by atoms with van der Waals surface area (Å²) in [6, 6.07) is 58.0. The second-order valence-corrected chi connectivity index (χ2v) is 25.6. The van der Waals surface area contributed by atoms with E-state index >= 15 is 0 Å². The summed E-state index contributed by atoms with van der Waals surface area (Å²) in [6.45, 7) is 36.2. The maximum atomic E-state index is 12.0. The van der Waals surface area contributed by atoms with Crippen LogP contribution in [0, 0.1) is 0 Å². The molecule has 6 aliphatic rings. The number of aromatic carboxylic acids is 3. The molecule has 542 valence electrons. The molecule has 0 amide bonds. The monoisotopic (exact) mass is 1420 g/mol. The average molecular weight is 1430 g/mol. The Morgan fingerprint density at radius 3 is 0.779 bits per heavy atom. The first-order valence-corrected chi connectivity index (χ1v) is 37.3. The summed E-state index contributed by atoms with van der Waals surface area (Å²) >= 11 is 0. The third-order valence-corrected chi connectivity index (χ3v) is 19.1. The van der Waals surface area contributed by atoms with E-state index in [1.807, 2.05) is 72.8 Å². The van der Waals surface area contributed by atoms with Crippen LogP contribution in [0.1, 0.15) is 114 Å². The van der Waals surface area contributed by atoms with Gasteiger partial charge in [-0.2, -0.15) is 0 Å². The molecule has 6 aromatic rings. The topological polar surface area (TPSA) is 256 Å². The van der Waals surface area contributed by atoms with Gasteiger partial charge in [0.2, 0.25) is 16.1 Å². The van der Waals surface area contributed by atoms with Crippen LogP contribution in [-0.4, -0.2) is 111 Å². The zero-order chi connectivity index (χ0) is 75.1. The number of carboxylic acid groups (broad SMARTS) is 3. The average Bonchev–Trinajstić information content (AvgIpc) is 0.759. The molecule has 0 saturated carbocycles. The van der Waals surface area contributed by atoms with Gasteiger partial charge < -0.3 is 72.3 Å². The van der Waals surface area contributed by atoms with Crippen molar-refractivity contribution in [2.75, 3.05) is 93.2 Å². The Morgan fingerprint density at radius 1 is 0.337 bits per heavy atom. The van der Waals surface area contributed by atoms with Crippen molar-refractivity contribution in [1.82, 2.24) is 13.7 Å². The Morgan fingerprint density at radius 2 is 0.567 bits per heavy atom. The molecule has 0 fully saturated rings. The lowest BCUT2D eigenvalue weighted by Crippen LogP contribution is -2.29. The Hall–Kier alpha value is -10.7. The number of carboxylic acids is 3. The van der Waals surface area contributed by atoms with Gasteiger partial charge in [-0.3, -0.25) is 0 Å². The Kier molecular flexibility index (Phi) is 26.1. The Labute approximate surface area is 607 Å². The van der Waals surface area contributed by atoms with Gasteiger partial charge in [0.1, 0.15) is 73.3 Å². The summed E-state index contributed by atoms with van der Waals surface area (Å²) in [6.07, 6.45) is 0. The van der Waals surface area contributed by atoms with E-state index in [1.165, 1.54) is 0 Å². The molecule has 3 heterocycles. The Balaban J connectivity index is 0.000000175. The molecule has 0 radical (unpaired) electrons. The summed E-state index contributed by atoms with van der Waals surface area (Å²) in [7, 11) is -4.64. The van der Waals surface area contributed by atoms with Crippen LogP contribution in [0.5, 0.6) is 0 Å². The minimum Gasteiger partial charge on any atom is -0.545 e. The van der Waals surface area contributed by atoms with Gasteiger partial charge in [0.15, 0.2) is 0 Å². The van der Waals surface area contributed by atoms with Gasteiger partial charge >= 0.3 is 7.82 Å². The predicted molar refractivity (Wildman–Crippen MR) is 412 cm³/mol. The van der Waals surface area contributed by atoms with Crippen LogP contribution in [0.2, 0.25) is 0 Å². The van der Waals surface area contributed by atoms with Gasteiger partial charge in [0, 0.05) is 159 Å². The van der Waals surface area contributed by atoms with Gasteiger partial charge in [-0.25, -0.2) is 18.3 Å². The van der Waals surface area contributed by atoms with Crippen LogP contribution in [0.3, 0.4) is 0 Å². The van der Waals surface area contributed by atoms with E-state index in [9.17, 15) is 29.7 Å². The lowest BCUT2D eigenvalue weighted by atomic mass is 9.90. The summed E-state index contributed by atoms with van der Waals surface area (Å²) in [5.41, 5.74) is 13.0. The molecule has 3 aliphatic heterocycles. The number of carbonyl (C=O) groups excluding carboxylic acids is 3.